The van der Waals surface area contributed by atoms with Crippen LogP contribution in [0.3, 0.4) is 0 Å². The Balaban J connectivity index is 2.14. The Morgan fingerprint density at radius 1 is 1.44 bits per heavy atom. The molecule has 0 fully saturated rings. The highest BCUT2D eigenvalue weighted by atomic mass is 35.5. The molecular weight excluding hydrogens is 275 g/mol. The van der Waals surface area contributed by atoms with Crippen molar-refractivity contribution in [3.05, 3.63) is 46.0 Å². The lowest BCUT2D eigenvalue weighted by atomic mass is 10.2. The third-order valence-electron chi connectivity index (χ3n) is 2.27. The van der Waals surface area contributed by atoms with Crippen molar-refractivity contribution in [3.63, 3.8) is 0 Å². The summed E-state index contributed by atoms with van der Waals surface area (Å²) >= 11 is 11.8. The second-order valence-corrected chi connectivity index (χ2v) is 4.37. The van der Waals surface area contributed by atoms with Crippen molar-refractivity contribution in [1.82, 2.24) is 15.3 Å². The summed E-state index contributed by atoms with van der Waals surface area (Å²) in [6.45, 7) is 0.272. The van der Waals surface area contributed by atoms with Gasteiger partial charge in [0.25, 0.3) is 5.91 Å². The molecule has 2 rings (SSSR count). The van der Waals surface area contributed by atoms with Crippen molar-refractivity contribution < 1.29 is 4.79 Å². The summed E-state index contributed by atoms with van der Waals surface area (Å²) in [6.07, 6.45) is 3.28. The van der Waals surface area contributed by atoms with E-state index in [4.69, 9.17) is 28.9 Å². The third kappa shape index (κ3) is 2.75. The minimum Gasteiger partial charge on any atom is -0.399 e. The Morgan fingerprint density at radius 3 is 2.89 bits per heavy atom. The first-order valence-electron chi connectivity index (χ1n) is 5.09. The van der Waals surface area contributed by atoms with Gasteiger partial charge in [0, 0.05) is 18.1 Å². The molecule has 0 saturated carbocycles. The number of nitrogens with one attached hydrogen (secondary N) is 2. The molecular formula is C11H10Cl2N4O. The van der Waals surface area contributed by atoms with Crippen LogP contribution in [0.15, 0.2) is 24.5 Å². The van der Waals surface area contributed by atoms with Crippen LogP contribution in [0.5, 0.6) is 0 Å². The molecule has 2 aromatic rings. The number of carbonyl (C=O) groups is 1. The third-order valence-corrected chi connectivity index (χ3v) is 3.07. The van der Waals surface area contributed by atoms with Crippen molar-refractivity contribution in [1.29, 1.82) is 0 Å². The SMILES string of the molecule is Nc1cc(Cl)c(Cl)c(C(=O)NCc2ncc[nH]2)c1. The van der Waals surface area contributed by atoms with Gasteiger partial charge in [0.1, 0.15) is 5.82 Å². The summed E-state index contributed by atoms with van der Waals surface area (Å²) < 4.78 is 0. The number of amides is 1. The Labute approximate surface area is 113 Å². The van der Waals surface area contributed by atoms with Gasteiger partial charge in [-0.15, -0.1) is 0 Å². The second-order valence-electron chi connectivity index (χ2n) is 3.58. The molecule has 0 radical (unpaired) electrons. The van der Waals surface area contributed by atoms with Gasteiger partial charge in [-0.25, -0.2) is 4.98 Å². The summed E-state index contributed by atoms with van der Waals surface area (Å²) in [7, 11) is 0. The average Bonchev–Trinajstić information content (AvgIpc) is 2.83. The van der Waals surface area contributed by atoms with Gasteiger partial charge < -0.3 is 16.0 Å². The summed E-state index contributed by atoms with van der Waals surface area (Å²) in [6, 6.07) is 2.97. The monoisotopic (exact) mass is 284 g/mol. The molecule has 94 valence electrons. The quantitative estimate of drug-likeness (QED) is 0.756. The Morgan fingerprint density at radius 2 is 2.22 bits per heavy atom. The number of imidazole rings is 1. The predicted octanol–water partition coefficient (Wildman–Crippen LogP) is 2.23. The molecule has 4 N–H and O–H groups in total. The molecule has 0 atom stereocenters. The Kier molecular flexibility index (Phi) is 3.74. The van der Waals surface area contributed by atoms with Gasteiger partial charge in [-0.1, -0.05) is 23.2 Å². The number of anilines is 1. The molecule has 1 aromatic heterocycles. The summed E-state index contributed by atoms with van der Waals surface area (Å²) in [5.41, 5.74) is 6.24. The van der Waals surface area contributed by atoms with Crippen molar-refractivity contribution in [3.8, 4) is 0 Å². The van der Waals surface area contributed by atoms with Crippen LogP contribution in [0.25, 0.3) is 0 Å². The van der Waals surface area contributed by atoms with E-state index in [0.717, 1.165) is 0 Å². The van der Waals surface area contributed by atoms with E-state index >= 15 is 0 Å². The molecule has 0 bridgehead atoms. The fourth-order valence-corrected chi connectivity index (χ4v) is 1.85. The Hall–Kier alpha value is -1.72. The number of benzene rings is 1. The minimum atomic E-state index is -0.356. The van der Waals surface area contributed by atoms with Crippen LogP contribution in [0.1, 0.15) is 16.2 Å². The average molecular weight is 285 g/mol. The van der Waals surface area contributed by atoms with E-state index < -0.39 is 0 Å². The fraction of sp³-hybridized carbons (Fsp3) is 0.0909. The van der Waals surface area contributed by atoms with Gasteiger partial charge in [0.15, 0.2) is 0 Å². The number of hydrogen-bond acceptors (Lipinski definition) is 3. The summed E-state index contributed by atoms with van der Waals surface area (Å²) in [4.78, 5) is 18.8. The van der Waals surface area contributed by atoms with Crippen LogP contribution in [-0.4, -0.2) is 15.9 Å². The smallest absolute Gasteiger partial charge is 0.253 e. The van der Waals surface area contributed by atoms with Crippen molar-refractivity contribution >= 4 is 34.8 Å². The molecule has 7 heteroatoms. The number of aromatic nitrogens is 2. The maximum Gasteiger partial charge on any atom is 0.253 e. The van der Waals surface area contributed by atoms with E-state index in [1.165, 1.54) is 12.1 Å². The zero-order chi connectivity index (χ0) is 13.1. The van der Waals surface area contributed by atoms with E-state index in [2.05, 4.69) is 15.3 Å². The topological polar surface area (TPSA) is 83.8 Å². The van der Waals surface area contributed by atoms with Gasteiger partial charge in [0.2, 0.25) is 0 Å². The lowest BCUT2D eigenvalue weighted by molar-refractivity contribution is 0.0950. The van der Waals surface area contributed by atoms with E-state index in [1.807, 2.05) is 0 Å². The van der Waals surface area contributed by atoms with Gasteiger partial charge in [-0.3, -0.25) is 4.79 Å². The van der Waals surface area contributed by atoms with Gasteiger partial charge >= 0.3 is 0 Å². The van der Waals surface area contributed by atoms with Crippen molar-refractivity contribution in [2.45, 2.75) is 6.54 Å². The highest BCUT2D eigenvalue weighted by Crippen LogP contribution is 2.28. The standard InChI is InChI=1S/C11H10Cl2N4O/c12-8-4-6(14)3-7(10(8)13)11(18)17-5-9-15-1-2-16-9/h1-4H,5,14H2,(H,15,16)(H,17,18). The molecule has 0 aliphatic heterocycles. The lowest BCUT2D eigenvalue weighted by Crippen LogP contribution is -2.24. The second kappa shape index (κ2) is 5.29. The number of carbonyl (C=O) groups excluding carboxylic acids is 1. The van der Waals surface area contributed by atoms with Gasteiger partial charge in [-0.2, -0.15) is 0 Å². The highest BCUT2D eigenvalue weighted by Gasteiger charge is 2.14. The predicted molar refractivity (Wildman–Crippen MR) is 70.6 cm³/mol. The Bertz CT molecular complexity index is 569. The largest absolute Gasteiger partial charge is 0.399 e. The van der Waals surface area contributed by atoms with E-state index in [-0.39, 0.29) is 28.1 Å². The first kappa shape index (κ1) is 12.7. The van der Waals surface area contributed by atoms with E-state index in [1.54, 1.807) is 12.4 Å². The van der Waals surface area contributed by atoms with Crippen LogP contribution in [-0.2, 0) is 6.54 Å². The van der Waals surface area contributed by atoms with Gasteiger partial charge in [0.05, 0.1) is 22.2 Å². The number of nitrogen functional groups attached to an aromatic ring is 1. The molecule has 0 unspecified atom stereocenters. The summed E-state index contributed by atoms with van der Waals surface area (Å²) in [5.74, 6) is 0.292. The molecule has 0 saturated heterocycles. The van der Waals surface area contributed by atoms with E-state index in [9.17, 15) is 4.79 Å². The maximum atomic E-state index is 11.9. The molecule has 18 heavy (non-hydrogen) atoms. The van der Waals surface area contributed by atoms with Crippen LogP contribution < -0.4 is 11.1 Å². The number of halogens is 2. The van der Waals surface area contributed by atoms with Crippen LogP contribution in [0.4, 0.5) is 5.69 Å². The first-order chi connectivity index (χ1) is 8.58. The number of nitrogens with zero attached hydrogens (tertiary/aromatic N) is 1. The zero-order valence-electron chi connectivity index (χ0n) is 9.21. The number of hydrogen-bond donors (Lipinski definition) is 3. The van der Waals surface area contributed by atoms with Crippen LogP contribution in [0, 0.1) is 0 Å². The molecule has 1 amide bonds. The van der Waals surface area contributed by atoms with Gasteiger partial charge in [-0.05, 0) is 12.1 Å². The number of H-pyrrole nitrogens is 1. The lowest BCUT2D eigenvalue weighted by Gasteiger charge is -2.07. The molecule has 0 spiro atoms. The van der Waals surface area contributed by atoms with E-state index in [0.29, 0.717) is 11.5 Å². The van der Waals surface area contributed by atoms with Crippen molar-refractivity contribution in [2.75, 3.05) is 5.73 Å². The molecule has 1 aromatic carbocycles. The first-order valence-corrected chi connectivity index (χ1v) is 5.84. The molecule has 0 aliphatic rings. The normalized spacial score (nSPS) is 10.3. The van der Waals surface area contributed by atoms with Crippen LogP contribution >= 0.6 is 23.2 Å². The highest BCUT2D eigenvalue weighted by molar-refractivity contribution is 6.44. The number of rotatable bonds is 3. The zero-order valence-corrected chi connectivity index (χ0v) is 10.7. The number of nitrogens with two attached hydrogens (primary N) is 1. The molecule has 5 nitrogen and oxygen atoms in total. The number of aromatic amines is 1. The van der Waals surface area contributed by atoms with Crippen LogP contribution in [0.2, 0.25) is 10.0 Å². The fourth-order valence-electron chi connectivity index (χ4n) is 1.43. The van der Waals surface area contributed by atoms with Crippen molar-refractivity contribution in [2.24, 2.45) is 0 Å². The maximum absolute atomic E-state index is 11.9. The summed E-state index contributed by atoms with van der Waals surface area (Å²) in [5, 5.41) is 3.10. The molecule has 1 heterocycles. The molecule has 0 aliphatic carbocycles. The minimum absolute atomic E-state index is 0.183.